The Kier molecular flexibility index (Phi) is 4.83. The van der Waals surface area contributed by atoms with Crippen LogP contribution in [-0.2, 0) is 10.5 Å². The van der Waals surface area contributed by atoms with Gasteiger partial charge in [0.05, 0.1) is 5.69 Å². The highest BCUT2D eigenvalue weighted by Crippen LogP contribution is 2.50. The number of carbonyl (C=O) groups is 1. The number of benzene rings is 4. The third kappa shape index (κ3) is 3.01. The van der Waals surface area contributed by atoms with E-state index in [1.165, 1.54) is 0 Å². The number of carbonyl (C=O) groups excluding carboxylic acids is 1. The number of rotatable bonds is 3. The van der Waals surface area contributed by atoms with E-state index in [1.54, 1.807) is 17.1 Å². The van der Waals surface area contributed by atoms with Gasteiger partial charge in [-0.15, -0.1) is 0 Å². The van der Waals surface area contributed by atoms with Gasteiger partial charge >= 0.3 is 0 Å². The molecule has 0 saturated carbocycles. The third-order valence-electron chi connectivity index (χ3n) is 6.09. The summed E-state index contributed by atoms with van der Waals surface area (Å²) in [5.74, 6) is 0.443. The van der Waals surface area contributed by atoms with Crippen LogP contribution in [0.2, 0.25) is 10.0 Å². The number of amides is 1. The Morgan fingerprint density at radius 1 is 0.706 bits per heavy atom. The van der Waals surface area contributed by atoms with E-state index in [9.17, 15) is 4.79 Å². The minimum Gasteiger partial charge on any atom is -0.322 e. The third-order valence-corrected chi connectivity index (χ3v) is 6.60. The van der Waals surface area contributed by atoms with Gasteiger partial charge in [-0.25, -0.2) is 5.01 Å². The number of anilines is 3. The topological polar surface area (TPSA) is 47.9 Å². The first kappa shape index (κ1) is 20.8. The van der Waals surface area contributed by atoms with Gasteiger partial charge in [-0.1, -0.05) is 71.7 Å². The molecule has 0 aromatic heterocycles. The second-order valence-electron chi connectivity index (χ2n) is 8.06. The minimum atomic E-state index is -1.29. The van der Waals surface area contributed by atoms with Crippen LogP contribution in [0.15, 0.2) is 108 Å². The maximum atomic E-state index is 14.0. The molecule has 2 aliphatic heterocycles. The molecule has 4 aromatic carbocycles. The summed E-state index contributed by atoms with van der Waals surface area (Å²) in [5.41, 5.74) is 2.67. The fraction of sp³-hybridized carbons (Fsp3) is 0.0370. The van der Waals surface area contributed by atoms with Gasteiger partial charge in [-0.2, -0.15) is 5.10 Å². The van der Waals surface area contributed by atoms with Crippen LogP contribution < -0.4 is 15.2 Å². The van der Waals surface area contributed by atoms with Crippen molar-refractivity contribution in [1.82, 2.24) is 0 Å². The predicted molar refractivity (Wildman–Crippen MR) is 138 cm³/mol. The summed E-state index contributed by atoms with van der Waals surface area (Å²) >= 11 is 12.4. The van der Waals surface area contributed by atoms with Gasteiger partial charge in [0.1, 0.15) is 0 Å². The first-order valence-corrected chi connectivity index (χ1v) is 11.5. The molecule has 0 radical (unpaired) electrons. The van der Waals surface area contributed by atoms with Crippen molar-refractivity contribution in [3.63, 3.8) is 0 Å². The summed E-state index contributed by atoms with van der Waals surface area (Å²) in [6, 6.07) is 32.3. The molecular weight excluding hydrogens is 467 g/mol. The maximum Gasteiger partial charge on any atom is 0.278 e. The van der Waals surface area contributed by atoms with Gasteiger partial charge in [0.2, 0.25) is 5.66 Å². The van der Waals surface area contributed by atoms with Gasteiger partial charge in [0.15, 0.2) is 5.84 Å². The van der Waals surface area contributed by atoms with Gasteiger partial charge in [-0.3, -0.25) is 9.69 Å². The van der Waals surface area contributed by atoms with E-state index in [-0.39, 0.29) is 5.91 Å². The second-order valence-corrected chi connectivity index (χ2v) is 8.93. The average Bonchev–Trinajstić information content (AvgIpc) is 3.37. The molecule has 1 amide bonds. The molecule has 0 bridgehead atoms. The van der Waals surface area contributed by atoms with Gasteiger partial charge in [0, 0.05) is 32.5 Å². The van der Waals surface area contributed by atoms with Gasteiger partial charge < -0.3 is 5.32 Å². The zero-order valence-electron chi connectivity index (χ0n) is 17.8. The number of nitrogens with zero attached hydrogens (tertiary/aromatic N) is 3. The van der Waals surface area contributed by atoms with E-state index in [1.807, 2.05) is 95.9 Å². The van der Waals surface area contributed by atoms with Crippen LogP contribution in [0.3, 0.4) is 0 Å². The molecule has 6 rings (SSSR count). The highest BCUT2D eigenvalue weighted by Gasteiger charge is 2.61. The molecule has 34 heavy (non-hydrogen) atoms. The average molecular weight is 485 g/mol. The van der Waals surface area contributed by atoms with Crippen LogP contribution in [0.1, 0.15) is 11.1 Å². The van der Waals surface area contributed by atoms with Crippen molar-refractivity contribution in [1.29, 1.82) is 0 Å². The van der Waals surface area contributed by atoms with E-state index in [0.29, 0.717) is 15.9 Å². The number of fused-ring (bicyclic) bond motifs is 2. The van der Waals surface area contributed by atoms with Crippen LogP contribution in [-0.4, -0.2) is 11.7 Å². The largest absolute Gasteiger partial charge is 0.322 e. The predicted octanol–water partition coefficient (Wildman–Crippen LogP) is 6.49. The molecule has 0 fully saturated rings. The van der Waals surface area contributed by atoms with E-state index in [4.69, 9.17) is 28.3 Å². The Balaban J connectivity index is 1.68. The number of halogens is 2. The zero-order chi connectivity index (χ0) is 23.3. The summed E-state index contributed by atoms with van der Waals surface area (Å²) in [4.78, 5) is 16.0. The lowest BCUT2D eigenvalue weighted by molar-refractivity contribution is -0.120. The number of nitrogens with one attached hydrogen (secondary N) is 1. The van der Waals surface area contributed by atoms with Gasteiger partial charge in [0.25, 0.3) is 5.91 Å². The lowest BCUT2D eigenvalue weighted by atomic mass is 9.96. The molecular formula is C27H18Cl2N4O. The Bertz CT molecular complexity index is 1420. The van der Waals surface area contributed by atoms with E-state index in [0.717, 1.165) is 28.2 Å². The summed E-state index contributed by atoms with van der Waals surface area (Å²) in [7, 11) is 0. The summed E-state index contributed by atoms with van der Waals surface area (Å²) in [6.45, 7) is 0. The summed E-state index contributed by atoms with van der Waals surface area (Å²) in [6.07, 6.45) is 0. The molecule has 1 N–H and O–H groups in total. The standard InChI is InChI=1S/C27H18Cl2N4O/c28-19-10-14-21(15-11-19)32-25(18-6-2-1-3-7-18)31-33(22-16-12-20(29)13-17-22)27(32)23-8-4-5-9-24(23)30-26(27)34/h1-17H,(H,30,34). The lowest BCUT2D eigenvalue weighted by Gasteiger charge is -2.40. The number of hydrazone groups is 1. The molecule has 7 heteroatoms. The number of amidine groups is 1. The molecule has 0 saturated heterocycles. The first-order valence-electron chi connectivity index (χ1n) is 10.8. The summed E-state index contributed by atoms with van der Waals surface area (Å²) in [5, 5.41) is 11.1. The summed E-state index contributed by atoms with van der Waals surface area (Å²) < 4.78 is 0. The molecule has 1 unspecified atom stereocenters. The Morgan fingerprint density at radius 2 is 1.29 bits per heavy atom. The normalized spacial score (nSPS) is 18.8. The monoisotopic (exact) mass is 484 g/mol. The van der Waals surface area contributed by atoms with Crippen LogP contribution in [0, 0.1) is 0 Å². The molecule has 0 aliphatic carbocycles. The molecule has 166 valence electrons. The first-order chi connectivity index (χ1) is 16.6. The SMILES string of the molecule is O=C1Nc2ccccc2C12N(c1ccc(Cl)cc1)N=C(c1ccccc1)N2c1ccc(Cl)cc1. The van der Waals surface area contributed by atoms with Crippen molar-refractivity contribution in [3.05, 3.63) is 124 Å². The maximum absolute atomic E-state index is 14.0. The number of para-hydroxylation sites is 1. The molecule has 1 spiro atoms. The van der Waals surface area contributed by atoms with Crippen LogP contribution in [0.4, 0.5) is 17.1 Å². The van der Waals surface area contributed by atoms with E-state index < -0.39 is 5.66 Å². The number of hydrogen-bond acceptors (Lipinski definition) is 4. The van der Waals surface area contributed by atoms with Crippen molar-refractivity contribution in [2.45, 2.75) is 5.66 Å². The smallest absolute Gasteiger partial charge is 0.278 e. The molecule has 2 heterocycles. The van der Waals surface area contributed by atoms with Gasteiger partial charge in [-0.05, 0) is 54.6 Å². The molecule has 1 atom stereocenters. The molecule has 5 nitrogen and oxygen atoms in total. The highest BCUT2D eigenvalue weighted by molar-refractivity contribution is 6.31. The number of hydrogen-bond donors (Lipinski definition) is 1. The lowest BCUT2D eigenvalue weighted by Crippen LogP contribution is -2.58. The zero-order valence-corrected chi connectivity index (χ0v) is 19.3. The minimum absolute atomic E-state index is 0.201. The van der Waals surface area contributed by atoms with Crippen molar-refractivity contribution in [2.24, 2.45) is 5.10 Å². The van der Waals surface area contributed by atoms with Crippen LogP contribution in [0.5, 0.6) is 0 Å². The Hall–Kier alpha value is -3.80. The van der Waals surface area contributed by atoms with Crippen molar-refractivity contribution >= 4 is 52.0 Å². The Labute approximate surface area is 206 Å². The van der Waals surface area contributed by atoms with Crippen LogP contribution >= 0.6 is 23.2 Å². The fourth-order valence-electron chi connectivity index (χ4n) is 4.62. The van der Waals surface area contributed by atoms with Crippen molar-refractivity contribution < 1.29 is 4.79 Å². The molecule has 2 aliphatic rings. The Morgan fingerprint density at radius 3 is 1.97 bits per heavy atom. The fourth-order valence-corrected chi connectivity index (χ4v) is 4.87. The quantitative estimate of drug-likeness (QED) is 0.361. The van der Waals surface area contributed by atoms with Crippen molar-refractivity contribution in [3.8, 4) is 0 Å². The van der Waals surface area contributed by atoms with Crippen LogP contribution in [0.25, 0.3) is 0 Å². The van der Waals surface area contributed by atoms with E-state index in [2.05, 4.69) is 5.32 Å². The van der Waals surface area contributed by atoms with Crippen molar-refractivity contribution in [2.75, 3.05) is 15.2 Å². The highest BCUT2D eigenvalue weighted by atomic mass is 35.5. The molecule has 4 aromatic rings. The second kappa shape index (κ2) is 7.90. The van der Waals surface area contributed by atoms with E-state index >= 15 is 0 Å².